The number of likely N-dealkylation sites (tertiary alicyclic amines) is 1. The predicted molar refractivity (Wildman–Crippen MR) is 68.8 cm³/mol. The van der Waals surface area contributed by atoms with E-state index in [0.717, 1.165) is 6.92 Å². The van der Waals surface area contributed by atoms with Gasteiger partial charge in [-0.2, -0.15) is 0 Å². The number of carbonyl (C=O) groups excluding carboxylic acids is 3. The van der Waals surface area contributed by atoms with Crippen molar-refractivity contribution in [3.63, 3.8) is 0 Å². The second-order valence-electron chi connectivity index (χ2n) is 3.52. The van der Waals surface area contributed by atoms with Crippen molar-refractivity contribution in [2.75, 3.05) is 0 Å². The lowest BCUT2D eigenvalue weighted by Crippen LogP contribution is -2.47. The van der Waals surface area contributed by atoms with Gasteiger partial charge in [0.15, 0.2) is 0 Å². The Bertz CT molecular complexity index is 908. The summed E-state index contributed by atoms with van der Waals surface area (Å²) in [5.74, 6) is -4.62. The number of imide groups is 1. The topological polar surface area (TPSA) is 66.5 Å². The summed E-state index contributed by atoms with van der Waals surface area (Å²) < 4.78 is 84.3. The van der Waals surface area contributed by atoms with Crippen LogP contribution in [0.2, 0.25) is 0 Å². The molecule has 1 aromatic rings. The maximum absolute atomic E-state index is 12.5. The van der Waals surface area contributed by atoms with Crippen LogP contribution in [0.5, 0.6) is 0 Å². The van der Waals surface area contributed by atoms with Crippen molar-refractivity contribution in [2.45, 2.75) is 32.2 Å². The van der Waals surface area contributed by atoms with Gasteiger partial charge < -0.3 is 5.32 Å². The zero-order valence-electron chi connectivity index (χ0n) is 20.7. The minimum atomic E-state index is -3.25. The molecule has 100 valence electrons. The third-order valence-corrected chi connectivity index (χ3v) is 2.29. The van der Waals surface area contributed by atoms with Gasteiger partial charge in [0.2, 0.25) is 17.7 Å². The van der Waals surface area contributed by atoms with Gasteiger partial charge in [0, 0.05) is 24.7 Å². The largest absolute Gasteiger partial charge is 0.350 e. The lowest BCUT2D eigenvalue weighted by molar-refractivity contribution is -0.146. The monoisotopic (exact) mass is 271 g/mol. The molecule has 2 rings (SSSR count). The highest BCUT2D eigenvalue weighted by atomic mass is 16.2. The minimum absolute atomic E-state index is 0.0351. The lowest BCUT2D eigenvalue weighted by Gasteiger charge is -2.21. The molecular formula is C14H16N2O3. The molecule has 1 heterocycles. The SMILES string of the molecule is [2H]c1c([2H])c([2H])c(C([2H])([2H])NC(=O)[C@H](C)N2C(=O)C([2H])([2H])C([2H])([2H])C2=O)c([2H])c1[2H]. The van der Waals surface area contributed by atoms with E-state index >= 15 is 0 Å². The summed E-state index contributed by atoms with van der Waals surface area (Å²) in [5.41, 5.74) is -0.890. The standard InChI is InChI=1S/C14H16N2O3/c1-10(16-12(17)7-8-13(16)18)14(19)15-9-11-5-3-2-4-6-11/h2-6,10H,7-9H2,1H3,(H,15,19)/t10-/m0/s1/i2D,3D,4D,5D,6D,7D2,8D2,9D2. The fourth-order valence-electron chi connectivity index (χ4n) is 1.33. The van der Waals surface area contributed by atoms with Crippen molar-refractivity contribution in [2.24, 2.45) is 0 Å². The highest BCUT2D eigenvalue weighted by Crippen LogP contribution is 2.15. The van der Waals surface area contributed by atoms with Gasteiger partial charge in [0.1, 0.15) is 6.04 Å². The van der Waals surface area contributed by atoms with Crippen LogP contribution in [0.3, 0.4) is 0 Å². The van der Waals surface area contributed by atoms with E-state index in [1.807, 2.05) is 0 Å². The van der Waals surface area contributed by atoms with Gasteiger partial charge in [0.25, 0.3) is 0 Å². The fourth-order valence-corrected chi connectivity index (χ4v) is 1.33. The number of nitrogens with zero attached hydrogens (tertiary/aromatic N) is 1. The second-order valence-corrected chi connectivity index (χ2v) is 3.52. The number of nitrogens with one attached hydrogen (secondary N) is 1. The van der Waals surface area contributed by atoms with Crippen molar-refractivity contribution < 1.29 is 29.5 Å². The summed E-state index contributed by atoms with van der Waals surface area (Å²) >= 11 is 0. The molecule has 1 saturated heterocycles. The van der Waals surface area contributed by atoms with Crippen molar-refractivity contribution >= 4 is 17.7 Å². The zero-order valence-corrected chi connectivity index (χ0v) is 9.75. The Labute approximate surface area is 127 Å². The first-order chi connectivity index (χ1) is 13.4. The van der Waals surface area contributed by atoms with E-state index in [1.165, 1.54) is 0 Å². The molecule has 19 heavy (non-hydrogen) atoms. The Hall–Kier alpha value is -2.17. The molecule has 0 unspecified atom stereocenters. The molecule has 1 aliphatic rings. The minimum Gasteiger partial charge on any atom is -0.350 e. The van der Waals surface area contributed by atoms with Gasteiger partial charge in [0.05, 0.1) is 9.60 Å². The predicted octanol–water partition coefficient (Wildman–Crippen LogP) is 0.840. The van der Waals surface area contributed by atoms with Gasteiger partial charge in [-0.05, 0) is 12.5 Å². The number of hydrogen-bond acceptors (Lipinski definition) is 3. The van der Waals surface area contributed by atoms with Crippen LogP contribution in [-0.4, -0.2) is 28.7 Å². The molecule has 3 amide bonds. The summed E-state index contributed by atoms with van der Waals surface area (Å²) in [5, 5.41) is 1.74. The van der Waals surface area contributed by atoms with Gasteiger partial charge >= 0.3 is 0 Å². The molecule has 1 atom stereocenters. The number of amides is 3. The molecule has 0 radical (unpaired) electrons. The molecule has 5 heteroatoms. The van der Waals surface area contributed by atoms with Crippen molar-refractivity contribution in [1.29, 1.82) is 0 Å². The fraction of sp³-hybridized carbons (Fsp3) is 0.357. The summed E-state index contributed by atoms with van der Waals surface area (Å²) in [6.07, 6.45) is -6.49. The van der Waals surface area contributed by atoms with Crippen LogP contribution in [0.25, 0.3) is 0 Å². The second kappa shape index (κ2) is 5.65. The third-order valence-electron chi connectivity index (χ3n) is 2.29. The van der Waals surface area contributed by atoms with Gasteiger partial charge in [-0.3, -0.25) is 19.3 Å². The van der Waals surface area contributed by atoms with Crippen LogP contribution in [0.1, 0.15) is 40.3 Å². The van der Waals surface area contributed by atoms with E-state index in [0.29, 0.717) is 0 Å². The summed E-state index contributed by atoms with van der Waals surface area (Å²) in [6, 6.07) is -6.15. The molecule has 0 aliphatic carbocycles. The van der Waals surface area contributed by atoms with Crippen LogP contribution in [0, 0.1) is 0 Å². The van der Waals surface area contributed by atoms with Gasteiger partial charge in [-0.25, -0.2) is 0 Å². The highest BCUT2D eigenvalue weighted by molar-refractivity contribution is 6.05. The van der Waals surface area contributed by atoms with E-state index in [-0.39, 0.29) is 4.90 Å². The number of hydrogen-bond donors (Lipinski definition) is 1. The van der Waals surface area contributed by atoms with Crippen molar-refractivity contribution in [3.05, 3.63) is 35.8 Å². The smallest absolute Gasteiger partial charge is 0.243 e. The molecule has 1 aliphatic heterocycles. The van der Waals surface area contributed by atoms with Crippen LogP contribution in [0.15, 0.2) is 30.2 Å². The maximum atomic E-state index is 12.5. The Kier molecular flexibility index (Phi) is 1.51. The van der Waals surface area contributed by atoms with E-state index in [9.17, 15) is 14.4 Å². The summed E-state index contributed by atoms with van der Waals surface area (Å²) in [6.45, 7) is -2.11. The van der Waals surface area contributed by atoms with Crippen LogP contribution < -0.4 is 5.32 Å². The highest BCUT2D eigenvalue weighted by Gasteiger charge is 2.35. The summed E-state index contributed by atoms with van der Waals surface area (Å²) in [7, 11) is 0. The molecule has 0 saturated carbocycles. The van der Waals surface area contributed by atoms with Crippen molar-refractivity contribution in [3.8, 4) is 0 Å². The molecular weight excluding hydrogens is 244 g/mol. The van der Waals surface area contributed by atoms with Gasteiger partial charge in [-0.15, -0.1) is 0 Å². The van der Waals surface area contributed by atoms with E-state index in [2.05, 4.69) is 0 Å². The molecule has 0 bridgehead atoms. The molecule has 1 N–H and O–H groups in total. The quantitative estimate of drug-likeness (QED) is 0.825. The van der Waals surface area contributed by atoms with Crippen LogP contribution in [0.4, 0.5) is 0 Å². The van der Waals surface area contributed by atoms with Gasteiger partial charge in [-0.1, -0.05) is 30.2 Å². The molecule has 0 aromatic heterocycles. The Morgan fingerprint density at radius 1 is 1.42 bits per heavy atom. The Morgan fingerprint density at radius 3 is 2.58 bits per heavy atom. The average molecular weight is 271 g/mol. The number of rotatable bonds is 4. The van der Waals surface area contributed by atoms with Crippen LogP contribution in [-0.2, 0) is 20.9 Å². The number of carbonyl (C=O) groups is 3. The number of benzene rings is 1. The molecule has 0 spiro atoms. The van der Waals surface area contributed by atoms with Crippen LogP contribution >= 0.6 is 0 Å². The van der Waals surface area contributed by atoms with E-state index in [1.54, 1.807) is 5.32 Å². The lowest BCUT2D eigenvalue weighted by atomic mass is 10.2. The third kappa shape index (κ3) is 2.99. The normalized spacial score (nSPS) is 31.0. The Balaban J connectivity index is 2.41. The first-order valence-corrected chi connectivity index (χ1v) is 5.18. The maximum Gasteiger partial charge on any atom is 0.243 e. The van der Waals surface area contributed by atoms with E-state index < -0.39 is 78.8 Å². The molecule has 1 fully saturated rings. The molecule has 1 aromatic carbocycles. The average Bonchev–Trinajstić information content (AvgIpc) is 2.74. The van der Waals surface area contributed by atoms with E-state index in [4.69, 9.17) is 15.1 Å². The Morgan fingerprint density at radius 2 is 2.00 bits per heavy atom. The zero-order chi connectivity index (χ0) is 23.6. The first-order valence-electron chi connectivity index (χ1n) is 10.7. The molecule has 5 nitrogen and oxygen atoms in total. The first kappa shape index (κ1) is 5.07. The van der Waals surface area contributed by atoms with Crippen molar-refractivity contribution in [1.82, 2.24) is 10.2 Å². The summed E-state index contributed by atoms with van der Waals surface area (Å²) in [4.78, 5) is 36.8.